The highest BCUT2D eigenvalue weighted by Gasteiger charge is 2.34. The molecule has 0 radical (unpaired) electrons. The molecule has 198 valence electrons. The number of guanidine groups is 1. The number of carbonyl (C=O) groups is 1. The average molecular weight is 574 g/mol. The maximum absolute atomic E-state index is 13.2. The van der Waals surface area contributed by atoms with Crippen LogP contribution in [0.3, 0.4) is 0 Å². The van der Waals surface area contributed by atoms with Gasteiger partial charge in [-0.2, -0.15) is 13.5 Å². The second-order valence-electron chi connectivity index (χ2n) is 8.65. The second kappa shape index (κ2) is 11.5. The lowest BCUT2D eigenvalue weighted by Crippen LogP contribution is -2.54. The number of aliphatic hydroxyl groups is 1. The number of aliphatic hydroxyl groups excluding tert-OH is 1. The van der Waals surface area contributed by atoms with E-state index in [1.807, 2.05) is 42.5 Å². The van der Waals surface area contributed by atoms with Crippen molar-refractivity contribution in [2.24, 2.45) is 15.2 Å². The van der Waals surface area contributed by atoms with Crippen molar-refractivity contribution in [2.45, 2.75) is 29.9 Å². The molecule has 3 aromatic rings. The maximum atomic E-state index is 13.2. The zero-order valence-corrected chi connectivity index (χ0v) is 22.5. The van der Waals surface area contributed by atoms with Gasteiger partial charge in [-0.25, -0.2) is 5.01 Å². The van der Waals surface area contributed by atoms with Crippen LogP contribution in [0.2, 0.25) is 10.0 Å². The number of hydrogen-bond acceptors (Lipinski definition) is 5. The fourth-order valence-corrected chi connectivity index (χ4v) is 5.16. The van der Waals surface area contributed by atoms with Crippen LogP contribution in [0.5, 0.6) is 0 Å². The number of primary amides is 1. The molecule has 1 heterocycles. The number of hydrazone groups is 1. The first kappa shape index (κ1) is 27.6. The third-order valence-corrected chi connectivity index (χ3v) is 7.68. The Morgan fingerprint density at radius 2 is 1.63 bits per heavy atom. The van der Waals surface area contributed by atoms with Crippen molar-refractivity contribution in [1.82, 2.24) is 10.3 Å². The van der Waals surface area contributed by atoms with Crippen LogP contribution in [0.15, 0.2) is 93.3 Å². The zero-order valence-electron chi connectivity index (χ0n) is 20.2. The van der Waals surface area contributed by atoms with E-state index >= 15 is 0 Å². The predicted octanol–water partition coefficient (Wildman–Crippen LogP) is 3.37. The predicted molar refractivity (Wildman–Crippen MR) is 148 cm³/mol. The van der Waals surface area contributed by atoms with Crippen LogP contribution in [0.1, 0.15) is 24.0 Å². The number of nitrogens with one attached hydrogen (secondary N) is 1. The van der Waals surface area contributed by atoms with E-state index in [9.17, 15) is 18.3 Å². The minimum absolute atomic E-state index is 0.116. The summed E-state index contributed by atoms with van der Waals surface area (Å²) >= 11 is 12.0. The largest absolute Gasteiger partial charge is 0.391 e. The standard InChI is InChI=1S/C26H25Cl2N5O4S/c1-16(34)23(25(29)35)30-26(32-38(36,37)21-13-11-20(28)12-14-21)33-15-22(17-5-3-2-4-6-17)24(31-33)18-7-9-19(27)10-8-18/h2-14,16,22-23,34H,15H2,1H3,(H2,29,35)(H,30,32)/t16-,22-,23-/m0/s1. The molecule has 0 saturated carbocycles. The Bertz CT molecular complexity index is 1460. The van der Waals surface area contributed by atoms with Gasteiger partial charge in [-0.15, -0.1) is 4.40 Å². The number of nitrogens with zero attached hydrogens (tertiary/aromatic N) is 3. The van der Waals surface area contributed by atoms with E-state index < -0.39 is 28.1 Å². The van der Waals surface area contributed by atoms with Crippen molar-refractivity contribution < 1.29 is 18.3 Å². The SMILES string of the molecule is C[C@H](O)[C@H](N/C(=N\S(=O)(=O)c1ccc(Cl)cc1)N1C[C@@H](c2ccccc2)C(c2ccc(Cl)cc2)=N1)C(N)=O. The van der Waals surface area contributed by atoms with Crippen molar-refractivity contribution >= 4 is 50.8 Å². The molecule has 1 amide bonds. The number of nitrogens with two attached hydrogens (primary N) is 1. The average Bonchev–Trinajstić information content (AvgIpc) is 3.33. The lowest BCUT2D eigenvalue weighted by atomic mass is 9.91. The molecule has 0 saturated heterocycles. The minimum atomic E-state index is -4.28. The molecule has 3 aromatic carbocycles. The summed E-state index contributed by atoms with van der Waals surface area (Å²) in [5, 5.41) is 19.8. The fraction of sp³-hybridized carbons (Fsp3) is 0.192. The normalized spacial score (nSPS) is 17.6. The van der Waals surface area contributed by atoms with Crippen molar-refractivity contribution in [3.05, 3.63) is 100 Å². The van der Waals surface area contributed by atoms with Gasteiger partial charge in [0.25, 0.3) is 10.0 Å². The topological polar surface area (TPSA) is 137 Å². The number of sulfonamides is 1. The van der Waals surface area contributed by atoms with E-state index in [4.69, 9.17) is 34.0 Å². The monoisotopic (exact) mass is 573 g/mol. The Labute approximate surface area is 230 Å². The summed E-state index contributed by atoms with van der Waals surface area (Å²) in [6.07, 6.45) is -1.25. The summed E-state index contributed by atoms with van der Waals surface area (Å²) in [4.78, 5) is 12.0. The first-order chi connectivity index (χ1) is 18.0. The van der Waals surface area contributed by atoms with Gasteiger partial charge in [0.1, 0.15) is 6.04 Å². The van der Waals surface area contributed by atoms with E-state index in [1.165, 1.54) is 36.2 Å². The molecule has 0 unspecified atom stereocenters. The van der Waals surface area contributed by atoms with Crippen LogP contribution < -0.4 is 11.1 Å². The van der Waals surface area contributed by atoms with Gasteiger partial charge < -0.3 is 16.2 Å². The van der Waals surface area contributed by atoms with Gasteiger partial charge in [0.05, 0.1) is 23.3 Å². The molecule has 0 fully saturated rings. The van der Waals surface area contributed by atoms with E-state index in [-0.39, 0.29) is 23.3 Å². The van der Waals surface area contributed by atoms with Crippen LogP contribution in [0.25, 0.3) is 0 Å². The van der Waals surface area contributed by atoms with Crippen molar-refractivity contribution in [1.29, 1.82) is 0 Å². The summed E-state index contributed by atoms with van der Waals surface area (Å²) in [5.74, 6) is -1.44. The number of amides is 1. The molecule has 0 aliphatic carbocycles. The summed E-state index contributed by atoms with van der Waals surface area (Å²) in [6, 6.07) is 20.8. The number of halogens is 2. The molecule has 0 bridgehead atoms. The highest BCUT2D eigenvalue weighted by Crippen LogP contribution is 2.30. The molecular formula is C26H25Cl2N5O4S. The van der Waals surface area contributed by atoms with Gasteiger partial charge in [-0.3, -0.25) is 4.79 Å². The van der Waals surface area contributed by atoms with E-state index in [0.29, 0.717) is 15.8 Å². The molecule has 1 aliphatic rings. The van der Waals surface area contributed by atoms with Gasteiger partial charge in [0, 0.05) is 16.0 Å². The van der Waals surface area contributed by atoms with E-state index in [2.05, 4.69) is 9.71 Å². The molecular weight excluding hydrogens is 549 g/mol. The smallest absolute Gasteiger partial charge is 0.285 e. The Hall–Kier alpha value is -3.44. The van der Waals surface area contributed by atoms with Crippen LogP contribution in [0.4, 0.5) is 0 Å². The lowest BCUT2D eigenvalue weighted by molar-refractivity contribution is -0.121. The molecule has 3 atom stereocenters. The van der Waals surface area contributed by atoms with Gasteiger partial charge in [0.15, 0.2) is 0 Å². The molecule has 4 N–H and O–H groups in total. The first-order valence-electron chi connectivity index (χ1n) is 11.6. The molecule has 38 heavy (non-hydrogen) atoms. The summed E-state index contributed by atoms with van der Waals surface area (Å²) in [6.45, 7) is 1.54. The van der Waals surface area contributed by atoms with E-state index in [0.717, 1.165) is 11.1 Å². The van der Waals surface area contributed by atoms with Crippen molar-refractivity contribution in [3.8, 4) is 0 Å². The van der Waals surface area contributed by atoms with Gasteiger partial charge >= 0.3 is 0 Å². The lowest BCUT2D eigenvalue weighted by Gasteiger charge is -2.24. The van der Waals surface area contributed by atoms with Gasteiger partial charge in [0.2, 0.25) is 11.9 Å². The van der Waals surface area contributed by atoms with Crippen LogP contribution in [0, 0.1) is 0 Å². The maximum Gasteiger partial charge on any atom is 0.285 e. The Morgan fingerprint density at radius 1 is 1.05 bits per heavy atom. The molecule has 4 rings (SSSR count). The summed E-state index contributed by atoms with van der Waals surface area (Å²) in [7, 11) is -4.28. The van der Waals surface area contributed by atoms with Crippen LogP contribution >= 0.6 is 23.2 Å². The van der Waals surface area contributed by atoms with Gasteiger partial charge in [-0.05, 0) is 54.4 Å². The van der Waals surface area contributed by atoms with Crippen LogP contribution in [-0.4, -0.2) is 54.8 Å². The fourth-order valence-electron chi connectivity index (χ4n) is 3.95. The third kappa shape index (κ3) is 6.33. The van der Waals surface area contributed by atoms with Crippen molar-refractivity contribution in [2.75, 3.05) is 6.54 Å². The Morgan fingerprint density at radius 3 is 2.18 bits per heavy atom. The number of rotatable bonds is 7. The van der Waals surface area contributed by atoms with Crippen LogP contribution in [-0.2, 0) is 14.8 Å². The molecule has 0 aromatic heterocycles. The Balaban J connectivity index is 1.82. The van der Waals surface area contributed by atoms with Gasteiger partial charge in [-0.1, -0.05) is 65.7 Å². The Kier molecular flexibility index (Phi) is 8.37. The van der Waals surface area contributed by atoms with Crippen molar-refractivity contribution in [3.63, 3.8) is 0 Å². The molecule has 0 spiro atoms. The highest BCUT2D eigenvalue weighted by molar-refractivity contribution is 7.90. The summed E-state index contributed by atoms with van der Waals surface area (Å²) in [5.41, 5.74) is 7.82. The second-order valence-corrected chi connectivity index (χ2v) is 11.1. The first-order valence-corrected chi connectivity index (χ1v) is 13.8. The number of carbonyl (C=O) groups excluding carboxylic acids is 1. The zero-order chi connectivity index (χ0) is 27.4. The third-order valence-electron chi connectivity index (χ3n) is 5.89. The highest BCUT2D eigenvalue weighted by atomic mass is 35.5. The quantitative estimate of drug-likeness (QED) is 0.292. The molecule has 9 nitrogen and oxygen atoms in total. The minimum Gasteiger partial charge on any atom is -0.391 e. The van der Waals surface area contributed by atoms with E-state index in [1.54, 1.807) is 12.1 Å². The summed E-state index contributed by atoms with van der Waals surface area (Å²) < 4.78 is 30.4. The molecule has 1 aliphatic heterocycles. The number of hydrogen-bond donors (Lipinski definition) is 3. The number of benzene rings is 3. The molecule has 12 heteroatoms.